The lowest BCUT2D eigenvalue weighted by atomic mass is 10.1. The van der Waals surface area contributed by atoms with Crippen LogP contribution in [0.5, 0.6) is 0 Å². The van der Waals surface area contributed by atoms with Crippen molar-refractivity contribution < 1.29 is 9.53 Å². The van der Waals surface area contributed by atoms with Gasteiger partial charge in [0.05, 0.1) is 36.6 Å². The Morgan fingerprint density at radius 1 is 1.36 bits per heavy atom. The Morgan fingerprint density at radius 2 is 2.09 bits per heavy atom. The van der Waals surface area contributed by atoms with Gasteiger partial charge in [0.2, 0.25) is 5.91 Å². The number of rotatable bonds is 6. The van der Waals surface area contributed by atoms with Crippen LogP contribution in [0.2, 0.25) is 5.02 Å². The van der Waals surface area contributed by atoms with Crippen molar-refractivity contribution in [3.05, 3.63) is 46.2 Å². The third kappa shape index (κ3) is 3.87. The highest BCUT2D eigenvalue weighted by molar-refractivity contribution is 6.31. The first kappa shape index (κ1) is 16.5. The van der Waals surface area contributed by atoms with Crippen LogP contribution in [0.15, 0.2) is 24.3 Å². The molecule has 0 aliphatic rings. The van der Waals surface area contributed by atoms with E-state index in [1.165, 1.54) is 0 Å². The smallest absolute Gasteiger partial charge is 0.228 e. The summed E-state index contributed by atoms with van der Waals surface area (Å²) in [7, 11) is 1.65. The second-order valence-electron chi connectivity index (χ2n) is 5.08. The fourth-order valence-electron chi connectivity index (χ4n) is 2.27. The number of ether oxygens (including phenoxy) is 1. The number of aromatic nitrogens is 2. The molecule has 2 aromatic rings. The van der Waals surface area contributed by atoms with Gasteiger partial charge in [-0.25, -0.2) is 0 Å². The number of hydrogen-bond donors (Lipinski definition) is 1. The number of carbonyl (C=O) groups is 1. The highest BCUT2D eigenvalue weighted by Crippen LogP contribution is 2.21. The van der Waals surface area contributed by atoms with Crippen molar-refractivity contribution in [2.75, 3.05) is 19.0 Å². The Hall–Kier alpha value is -1.85. The molecule has 0 spiro atoms. The summed E-state index contributed by atoms with van der Waals surface area (Å²) in [6.07, 6.45) is 0.238. The van der Waals surface area contributed by atoms with E-state index in [0.717, 1.165) is 22.6 Å². The zero-order valence-electron chi connectivity index (χ0n) is 13.0. The molecule has 0 atom stereocenters. The molecule has 0 unspecified atom stereocenters. The molecule has 1 aromatic heterocycles. The standard InChI is InChI=1S/C16H20ClN3O2/c1-11-16(12(2)20(19-11)8-9-22-3)18-15(21)10-13-6-4-5-7-14(13)17/h4-7H,8-10H2,1-3H3,(H,18,21). The Bertz CT molecular complexity index is 667. The van der Waals surface area contributed by atoms with Crippen LogP contribution < -0.4 is 5.32 Å². The summed E-state index contributed by atoms with van der Waals surface area (Å²) in [5, 5.41) is 7.95. The molecule has 0 bridgehead atoms. The third-order valence-corrected chi connectivity index (χ3v) is 3.83. The van der Waals surface area contributed by atoms with Crippen molar-refractivity contribution in [2.45, 2.75) is 26.8 Å². The summed E-state index contributed by atoms with van der Waals surface area (Å²) >= 11 is 6.08. The molecular formula is C16H20ClN3O2. The molecule has 0 fully saturated rings. The van der Waals surface area contributed by atoms with E-state index in [-0.39, 0.29) is 12.3 Å². The minimum Gasteiger partial charge on any atom is -0.383 e. The van der Waals surface area contributed by atoms with Crippen LogP contribution in [-0.2, 0) is 22.5 Å². The average Bonchev–Trinajstić information content (AvgIpc) is 2.75. The molecule has 0 aliphatic heterocycles. The highest BCUT2D eigenvalue weighted by Gasteiger charge is 2.15. The summed E-state index contributed by atoms with van der Waals surface area (Å²) in [5.41, 5.74) is 3.28. The van der Waals surface area contributed by atoms with Crippen LogP contribution in [0.25, 0.3) is 0 Å². The predicted molar refractivity (Wildman–Crippen MR) is 87.4 cm³/mol. The maximum absolute atomic E-state index is 12.2. The number of halogens is 1. The predicted octanol–water partition coefficient (Wildman–Crippen LogP) is 2.98. The van der Waals surface area contributed by atoms with Gasteiger partial charge in [0.15, 0.2) is 0 Å². The first-order chi connectivity index (χ1) is 10.5. The minimum absolute atomic E-state index is 0.106. The van der Waals surface area contributed by atoms with Crippen molar-refractivity contribution in [1.82, 2.24) is 9.78 Å². The number of benzene rings is 1. The number of hydrogen-bond acceptors (Lipinski definition) is 3. The molecule has 5 nitrogen and oxygen atoms in total. The van der Waals surface area contributed by atoms with E-state index in [4.69, 9.17) is 16.3 Å². The van der Waals surface area contributed by atoms with Crippen LogP contribution in [0.1, 0.15) is 17.0 Å². The molecule has 0 saturated carbocycles. The molecule has 1 aromatic carbocycles. The minimum atomic E-state index is -0.106. The van der Waals surface area contributed by atoms with Gasteiger partial charge in [-0.15, -0.1) is 0 Å². The third-order valence-electron chi connectivity index (χ3n) is 3.46. The monoisotopic (exact) mass is 321 g/mol. The normalized spacial score (nSPS) is 10.7. The first-order valence-corrected chi connectivity index (χ1v) is 7.47. The van der Waals surface area contributed by atoms with Gasteiger partial charge in [0, 0.05) is 12.1 Å². The lowest BCUT2D eigenvalue weighted by Gasteiger charge is -2.08. The van der Waals surface area contributed by atoms with Gasteiger partial charge in [-0.2, -0.15) is 5.10 Å². The first-order valence-electron chi connectivity index (χ1n) is 7.09. The molecule has 0 radical (unpaired) electrons. The van der Waals surface area contributed by atoms with Crippen molar-refractivity contribution in [3.8, 4) is 0 Å². The van der Waals surface area contributed by atoms with Gasteiger partial charge in [0.1, 0.15) is 0 Å². The quantitative estimate of drug-likeness (QED) is 0.890. The van der Waals surface area contributed by atoms with Gasteiger partial charge in [-0.05, 0) is 25.5 Å². The van der Waals surface area contributed by atoms with E-state index in [1.807, 2.05) is 36.7 Å². The lowest BCUT2D eigenvalue weighted by molar-refractivity contribution is -0.115. The molecule has 1 N–H and O–H groups in total. The molecule has 2 rings (SSSR count). The maximum atomic E-state index is 12.2. The van der Waals surface area contributed by atoms with E-state index in [0.29, 0.717) is 18.2 Å². The number of amides is 1. The highest BCUT2D eigenvalue weighted by atomic mass is 35.5. The van der Waals surface area contributed by atoms with E-state index < -0.39 is 0 Å². The van der Waals surface area contributed by atoms with E-state index in [9.17, 15) is 4.79 Å². The average molecular weight is 322 g/mol. The van der Waals surface area contributed by atoms with E-state index in [1.54, 1.807) is 13.2 Å². The van der Waals surface area contributed by atoms with Gasteiger partial charge in [-0.1, -0.05) is 29.8 Å². The van der Waals surface area contributed by atoms with Crippen molar-refractivity contribution >= 4 is 23.2 Å². The number of carbonyl (C=O) groups excluding carboxylic acids is 1. The number of anilines is 1. The van der Waals surface area contributed by atoms with Crippen molar-refractivity contribution in [2.24, 2.45) is 0 Å². The number of methoxy groups -OCH3 is 1. The number of aryl methyl sites for hydroxylation is 1. The second-order valence-corrected chi connectivity index (χ2v) is 5.49. The number of nitrogens with one attached hydrogen (secondary N) is 1. The zero-order chi connectivity index (χ0) is 16.1. The van der Waals surface area contributed by atoms with E-state index in [2.05, 4.69) is 10.4 Å². The molecule has 1 heterocycles. The maximum Gasteiger partial charge on any atom is 0.228 e. The zero-order valence-corrected chi connectivity index (χ0v) is 13.8. The van der Waals surface area contributed by atoms with Crippen LogP contribution in [0, 0.1) is 13.8 Å². The fraction of sp³-hybridized carbons (Fsp3) is 0.375. The van der Waals surface area contributed by atoms with Crippen molar-refractivity contribution in [3.63, 3.8) is 0 Å². The Labute approximate surface area is 135 Å². The molecule has 6 heteroatoms. The number of nitrogens with zero attached hydrogens (tertiary/aromatic N) is 2. The molecule has 118 valence electrons. The summed E-state index contributed by atoms with van der Waals surface area (Å²) in [5.74, 6) is -0.106. The second kappa shape index (κ2) is 7.42. The summed E-state index contributed by atoms with van der Waals surface area (Å²) in [4.78, 5) is 12.2. The van der Waals surface area contributed by atoms with Crippen LogP contribution in [0.4, 0.5) is 5.69 Å². The van der Waals surface area contributed by atoms with Crippen LogP contribution in [-0.4, -0.2) is 29.4 Å². The van der Waals surface area contributed by atoms with Gasteiger partial charge in [-0.3, -0.25) is 9.48 Å². The molecule has 22 heavy (non-hydrogen) atoms. The summed E-state index contributed by atoms with van der Waals surface area (Å²) < 4.78 is 6.90. The summed E-state index contributed by atoms with van der Waals surface area (Å²) in [6, 6.07) is 7.35. The lowest BCUT2D eigenvalue weighted by Crippen LogP contribution is -2.16. The van der Waals surface area contributed by atoms with Crippen molar-refractivity contribution in [1.29, 1.82) is 0 Å². The van der Waals surface area contributed by atoms with E-state index >= 15 is 0 Å². The summed E-state index contributed by atoms with van der Waals surface area (Å²) in [6.45, 7) is 5.04. The molecule has 0 saturated heterocycles. The fourth-order valence-corrected chi connectivity index (χ4v) is 2.47. The van der Waals surface area contributed by atoms with Gasteiger partial charge >= 0.3 is 0 Å². The largest absolute Gasteiger partial charge is 0.383 e. The van der Waals surface area contributed by atoms with Gasteiger partial charge in [0.25, 0.3) is 0 Å². The van der Waals surface area contributed by atoms with Crippen LogP contribution >= 0.6 is 11.6 Å². The van der Waals surface area contributed by atoms with Crippen LogP contribution in [0.3, 0.4) is 0 Å². The topological polar surface area (TPSA) is 56.1 Å². The Morgan fingerprint density at radius 3 is 2.77 bits per heavy atom. The molecular weight excluding hydrogens is 302 g/mol. The molecule has 0 aliphatic carbocycles. The molecule has 1 amide bonds. The van der Waals surface area contributed by atoms with Gasteiger partial charge < -0.3 is 10.1 Å². The SMILES string of the molecule is COCCn1nc(C)c(NC(=O)Cc2ccccc2Cl)c1C. The Balaban J connectivity index is 2.08. The Kier molecular flexibility index (Phi) is 5.57.